The molecule has 0 aliphatic carbocycles. The van der Waals surface area contributed by atoms with E-state index in [1.54, 1.807) is 37.4 Å². The van der Waals surface area contributed by atoms with Gasteiger partial charge in [-0.05, 0) is 54.6 Å². The molecule has 1 aliphatic heterocycles. The molecule has 8 heteroatoms. The van der Waals surface area contributed by atoms with Gasteiger partial charge in [-0.2, -0.15) is 4.98 Å². The molecular formula is C23H17N3O5. The molecule has 154 valence electrons. The van der Waals surface area contributed by atoms with Crippen molar-refractivity contribution in [1.29, 1.82) is 0 Å². The molecule has 4 aromatic rings. The Labute approximate surface area is 177 Å². The molecule has 0 saturated carbocycles. The van der Waals surface area contributed by atoms with Gasteiger partial charge < -0.3 is 24.1 Å². The molecule has 31 heavy (non-hydrogen) atoms. The second-order valence-corrected chi connectivity index (χ2v) is 6.72. The van der Waals surface area contributed by atoms with Crippen molar-refractivity contribution in [2.75, 3.05) is 19.2 Å². The molecule has 1 aromatic heterocycles. The van der Waals surface area contributed by atoms with Crippen molar-refractivity contribution in [2.24, 2.45) is 0 Å². The number of carbonyl (C=O) groups excluding carboxylic acids is 1. The van der Waals surface area contributed by atoms with Crippen LogP contribution >= 0.6 is 0 Å². The molecule has 1 amide bonds. The zero-order valence-electron chi connectivity index (χ0n) is 16.5. The second-order valence-electron chi connectivity index (χ2n) is 6.72. The van der Waals surface area contributed by atoms with Crippen LogP contribution in [-0.2, 0) is 0 Å². The molecule has 5 rings (SSSR count). The van der Waals surface area contributed by atoms with Crippen molar-refractivity contribution >= 4 is 11.6 Å². The molecule has 0 saturated heterocycles. The fraction of sp³-hybridized carbons (Fsp3) is 0.0870. The minimum Gasteiger partial charge on any atom is -0.496 e. The van der Waals surface area contributed by atoms with Crippen LogP contribution < -0.4 is 19.5 Å². The van der Waals surface area contributed by atoms with E-state index in [0.29, 0.717) is 40.2 Å². The Morgan fingerprint density at radius 1 is 1.00 bits per heavy atom. The standard InChI is InChI=1S/C23H17N3O5/c1-28-18-5-3-2-4-17(18)23-25-21(26-31-23)14-6-9-16(10-7-14)24-22(27)15-8-11-19-20(12-15)30-13-29-19/h2-12H,13H2,1H3,(H,24,27). The van der Waals surface area contributed by atoms with E-state index in [1.807, 2.05) is 36.4 Å². The molecule has 2 heterocycles. The van der Waals surface area contributed by atoms with Gasteiger partial charge in [0.1, 0.15) is 5.75 Å². The van der Waals surface area contributed by atoms with E-state index < -0.39 is 0 Å². The fourth-order valence-corrected chi connectivity index (χ4v) is 3.22. The number of carbonyl (C=O) groups is 1. The summed E-state index contributed by atoms with van der Waals surface area (Å²) in [5.41, 5.74) is 2.59. The van der Waals surface area contributed by atoms with Gasteiger partial charge >= 0.3 is 0 Å². The molecule has 1 aliphatic rings. The number of benzene rings is 3. The summed E-state index contributed by atoms with van der Waals surface area (Å²) in [5.74, 6) is 2.41. The third kappa shape index (κ3) is 3.66. The molecular weight excluding hydrogens is 398 g/mol. The van der Waals surface area contributed by atoms with Crippen LogP contribution in [0.5, 0.6) is 17.2 Å². The van der Waals surface area contributed by atoms with Crippen LogP contribution in [0.1, 0.15) is 10.4 Å². The van der Waals surface area contributed by atoms with Crippen molar-refractivity contribution in [2.45, 2.75) is 0 Å². The van der Waals surface area contributed by atoms with Gasteiger partial charge in [-0.1, -0.05) is 17.3 Å². The summed E-state index contributed by atoms with van der Waals surface area (Å²) < 4.78 is 21.3. The number of hydrogen-bond donors (Lipinski definition) is 1. The van der Waals surface area contributed by atoms with Crippen molar-refractivity contribution in [3.8, 4) is 40.1 Å². The minimum absolute atomic E-state index is 0.163. The van der Waals surface area contributed by atoms with Gasteiger partial charge in [0.25, 0.3) is 11.8 Å². The van der Waals surface area contributed by atoms with E-state index in [1.165, 1.54) is 0 Å². The molecule has 3 aromatic carbocycles. The number of anilines is 1. The molecule has 0 spiro atoms. The quantitative estimate of drug-likeness (QED) is 0.516. The Morgan fingerprint density at radius 2 is 1.81 bits per heavy atom. The Hall–Kier alpha value is -4.33. The topological polar surface area (TPSA) is 95.7 Å². The van der Waals surface area contributed by atoms with Crippen LogP contribution in [0.25, 0.3) is 22.8 Å². The van der Waals surface area contributed by atoms with E-state index in [0.717, 1.165) is 11.1 Å². The lowest BCUT2D eigenvalue weighted by Gasteiger charge is -2.06. The van der Waals surface area contributed by atoms with Gasteiger partial charge in [0, 0.05) is 16.8 Å². The molecule has 0 unspecified atom stereocenters. The number of para-hydroxylation sites is 1. The van der Waals surface area contributed by atoms with Gasteiger partial charge in [-0.25, -0.2) is 0 Å². The summed E-state index contributed by atoms with van der Waals surface area (Å²) in [4.78, 5) is 17.0. The van der Waals surface area contributed by atoms with E-state index in [4.69, 9.17) is 18.7 Å². The molecule has 0 atom stereocenters. The van der Waals surface area contributed by atoms with Gasteiger partial charge in [0.15, 0.2) is 11.5 Å². The Morgan fingerprint density at radius 3 is 2.65 bits per heavy atom. The first kappa shape index (κ1) is 18.7. The molecule has 0 radical (unpaired) electrons. The van der Waals surface area contributed by atoms with Crippen LogP contribution in [0.15, 0.2) is 71.3 Å². The van der Waals surface area contributed by atoms with Crippen LogP contribution in [0.2, 0.25) is 0 Å². The Balaban J connectivity index is 1.31. The van der Waals surface area contributed by atoms with Crippen LogP contribution in [0.4, 0.5) is 5.69 Å². The maximum atomic E-state index is 12.5. The largest absolute Gasteiger partial charge is 0.496 e. The van der Waals surface area contributed by atoms with E-state index in [9.17, 15) is 4.79 Å². The van der Waals surface area contributed by atoms with Crippen LogP contribution in [0.3, 0.4) is 0 Å². The summed E-state index contributed by atoms with van der Waals surface area (Å²) in [6.45, 7) is 0.163. The average molecular weight is 415 g/mol. The van der Waals surface area contributed by atoms with Crippen LogP contribution in [0, 0.1) is 0 Å². The maximum Gasteiger partial charge on any atom is 0.262 e. The smallest absolute Gasteiger partial charge is 0.262 e. The first-order valence-electron chi connectivity index (χ1n) is 9.50. The summed E-state index contributed by atoms with van der Waals surface area (Å²) in [6, 6.07) is 19.7. The van der Waals surface area contributed by atoms with Crippen molar-refractivity contribution in [3.63, 3.8) is 0 Å². The lowest BCUT2D eigenvalue weighted by molar-refractivity contribution is 0.102. The molecule has 0 bridgehead atoms. The lowest BCUT2D eigenvalue weighted by atomic mass is 10.1. The normalized spacial score (nSPS) is 11.9. The van der Waals surface area contributed by atoms with Crippen molar-refractivity contribution < 1.29 is 23.5 Å². The number of amides is 1. The van der Waals surface area contributed by atoms with Crippen molar-refractivity contribution in [1.82, 2.24) is 10.1 Å². The number of fused-ring (bicyclic) bond motifs is 1. The van der Waals surface area contributed by atoms with Gasteiger partial charge in [0.05, 0.1) is 12.7 Å². The minimum atomic E-state index is -0.246. The highest BCUT2D eigenvalue weighted by molar-refractivity contribution is 6.04. The third-order valence-electron chi connectivity index (χ3n) is 4.80. The lowest BCUT2D eigenvalue weighted by Crippen LogP contribution is -2.11. The summed E-state index contributed by atoms with van der Waals surface area (Å²) in [6.07, 6.45) is 0. The van der Waals surface area contributed by atoms with E-state index >= 15 is 0 Å². The highest BCUT2D eigenvalue weighted by Crippen LogP contribution is 2.33. The third-order valence-corrected chi connectivity index (χ3v) is 4.80. The highest BCUT2D eigenvalue weighted by atomic mass is 16.7. The first-order valence-corrected chi connectivity index (χ1v) is 9.50. The average Bonchev–Trinajstić information content (AvgIpc) is 3.49. The number of methoxy groups -OCH3 is 1. The number of aromatic nitrogens is 2. The zero-order valence-corrected chi connectivity index (χ0v) is 16.5. The fourth-order valence-electron chi connectivity index (χ4n) is 3.22. The van der Waals surface area contributed by atoms with E-state index in [-0.39, 0.29) is 12.7 Å². The van der Waals surface area contributed by atoms with Crippen LogP contribution in [-0.4, -0.2) is 30.0 Å². The van der Waals surface area contributed by atoms with Crippen molar-refractivity contribution in [3.05, 3.63) is 72.3 Å². The number of nitrogens with one attached hydrogen (secondary N) is 1. The van der Waals surface area contributed by atoms with Gasteiger partial charge in [-0.3, -0.25) is 4.79 Å². The number of rotatable bonds is 5. The maximum absolute atomic E-state index is 12.5. The summed E-state index contributed by atoms with van der Waals surface area (Å²) >= 11 is 0. The zero-order chi connectivity index (χ0) is 21.2. The molecule has 1 N–H and O–H groups in total. The highest BCUT2D eigenvalue weighted by Gasteiger charge is 2.17. The first-order chi connectivity index (χ1) is 15.2. The van der Waals surface area contributed by atoms with E-state index in [2.05, 4.69) is 15.5 Å². The predicted octanol–water partition coefficient (Wildman–Crippen LogP) is 4.39. The monoisotopic (exact) mass is 415 g/mol. The Bertz CT molecular complexity index is 1250. The SMILES string of the molecule is COc1ccccc1-c1nc(-c2ccc(NC(=O)c3ccc4c(c3)OCO4)cc2)no1. The predicted molar refractivity (Wildman–Crippen MR) is 112 cm³/mol. The second kappa shape index (κ2) is 7.83. The summed E-state index contributed by atoms with van der Waals surface area (Å²) in [5, 5.41) is 6.91. The number of nitrogens with zero attached hydrogens (tertiary/aromatic N) is 2. The summed E-state index contributed by atoms with van der Waals surface area (Å²) in [7, 11) is 1.59. The number of ether oxygens (including phenoxy) is 3. The van der Waals surface area contributed by atoms with Gasteiger partial charge in [-0.15, -0.1) is 0 Å². The molecule has 8 nitrogen and oxygen atoms in total. The Kier molecular flexibility index (Phi) is 4.72. The number of hydrogen-bond acceptors (Lipinski definition) is 7. The molecule has 0 fully saturated rings. The van der Waals surface area contributed by atoms with Gasteiger partial charge in [0.2, 0.25) is 12.6 Å².